The van der Waals surface area contributed by atoms with E-state index in [2.05, 4.69) is 19.1 Å². The third-order valence-corrected chi connectivity index (χ3v) is 5.82. The van der Waals surface area contributed by atoms with Crippen molar-refractivity contribution < 1.29 is 9.53 Å². The first-order chi connectivity index (χ1) is 13.3. The summed E-state index contributed by atoms with van der Waals surface area (Å²) in [6.07, 6.45) is 5.62. The second kappa shape index (κ2) is 8.06. The zero-order valence-corrected chi connectivity index (χ0v) is 16.2. The van der Waals surface area contributed by atoms with Crippen LogP contribution in [0.1, 0.15) is 40.4 Å². The largest absolute Gasteiger partial charge is 0.370 e. The Balaban J connectivity index is 1.58. The average molecular weight is 382 g/mol. The first kappa shape index (κ1) is 17.9. The number of aromatic nitrogens is 2. The van der Waals surface area contributed by atoms with Gasteiger partial charge < -0.3 is 14.2 Å². The fourth-order valence-electron chi connectivity index (χ4n) is 3.33. The Morgan fingerprint density at radius 2 is 2.00 bits per heavy atom. The van der Waals surface area contributed by atoms with E-state index in [9.17, 15) is 4.79 Å². The predicted octanol–water partition coefficient (Wildman–Crippen LogP) is 4.10. The van der Waals surface area contributed by atoms with Gasteiger partial charge in [-0.05, 0) is 24.1 Å². The van der Waals surface area contributed by atoms with Crippen molar-refractivity contribution >= 4 is 17.2 Å². The highest BCUT2D eigenvalue weighted by Gasteiger charge is 2.29. The second-order valence-corrected chi connectivity index (χ2v) is 7.61. The van der Waals surface area contributed by atoms with Gasteiger partial charge >= 0.3 is 0 Å². The molecule has 0 saturated carbocycles. The number of benzene rings is 1. The van der Waals surface area contributed by atoms with Crippen LogP contribution in [0.4, 0.5) is 0 Å². The number of hydrogen-bond acceptors (Lipinski definition) is 4. The van der Waals surface area contributed by atoms with Crippen molar-refractivity contribution in [3.63, 3.8) is 0 Å². The Bertz CT molecular complexity index is 890. The summed E-state index contributed by atoms with van der Waals surface area (Å²) in [5, 5.41) is 0.847. The zero-order valence-electron chi connectivity index (χ0n) is 15.4. The van der Waals surface area contributed by atoms with Crippen molar-refractivity contribution in [1.82, 2.24) is 14.5 Å². The summed E-state index contributed by atoms with van der Waals surface area (Å²) in [4.78, 5) is 20.7. The number of carbonyl (C=O) groups is 1. The smallest absolute Gasteiger partial charge is 0.266 e. The SMILES string of the molecule is CCCc1nc(-n2cccc2)sc1C(=O)N1CCOC(c2ccccc2)C1. The zero-order chi connectivity index (χ0) is 18.6. The van der Waals surface area contributed by atoms with Gasteiger partial charge in [0.1, 0.15) is 11.0 Å². The van der Waals surface area contributed by atoms with Gasteiger partial charge in [-0.3, -0.25) is 4.79 Å². The molecule has 1 aliphatic rings. The van der Waals surface area contributed by atoms with Crippen molar-refractivity contribution in [1.29, 1.82) is 0 Å². The summed E-state index contributed by atoms with van der Waals surface area (Å²) < 4.78 is 7.88. The minimum absolute atomic E-state index is 0.0681. The highest BCUT2D eigenvalue weighted by Crippen LogP contribution is 2.28. The fraction of sp³-hybridized carbons (Fsp3) is 0.333. The van der Waals surface area contributed by atoms with Crippen molar-refractivity contribution in [2.45, 2.75) is 25.9 Å². The van der Waals surface area contributed by atoms with Gasteiger partial charge in [0.15, 0.2) is 5.13 Å². The summed E-state index contributed by atoms with van der Waals surface area (Å²) in [6.45, 7) is 3.86. The lowest BCUT2D eigenvalue weighted by Gasteiger charge is -2.33. The van der Waals surface area contributed by atoms with E-state index < -0.39 is 0 Å². The Morgan fingerprint density at radius 1 is 1.22 bits per heavy atom. The van der Waals surface area contributed by atoms with Gasteiger partial charge in [-0.2, -0.15) is 0 Å². The van der Waals surface area contributed by atoms with E-state index in [1.807, 2.05) is 52.2 Å². The van der Waals surface area contributed by atoms with Crippen LogP contribution in [0, 0.1) is 0 Å². The lowest BCUT2D eigenvalue weighted by Crippen LogP contribution is -2.42. The molecule has 1 atom stereocenters. The summed E-state index contributed by atoms with van der Waals surface area (Å²) in [6, 6.07) is 14.0. The molecule has 1 aliphatic heterocycles. The molecule has 0 aliphatic carbocycles. The number of hydrogen-bond donors (Lipinski definition) is 0. The molecule has 1 amide bonds. The minimum atomic E-state index is -0.0737. The van der Waals surface area contributed by atoms with Gasteiger partial charge in [-0.15, -0.1) is 0 Å². The van der Waals surface area contributed by atoms with Crippen molar-refractivity contribution in [3.05, 3.63) is 71.0 Å². The predicted molar refractivity (Wildman–Crippen MR) is 106 cm³/mol. The maximum Gasteiger partial charge on any atom is 0.266 e. The molecule has 140 valence electrons. The third-order valence-electron chi connectivity index (χ3n) is 4.72. The Kier molecular flexibility index (Phi) is 5.36. The topological polar surface area (TPSA) is 47.4 Å². The molecular weight excluding hydrogens is 358 g/mol. The lowest BCUT2D eigenvalue weighted by atomic mass is 10.1. The van der Waals surface area contributed by atoms with Crippen molar-refractivity contribution in [2.24, 2.45) is 0 Å². The van der Waals surface area contributed by atoms with Crippen LogP contribution >= 0.6 is 11.3 Å². The molecule has 0 radical (unpaired) electrons. The number of carbonyl (C=O) groups excluding carboxylic acids is 1. The van der Waals surface area contributed by atoms with E-state index in [1.165, 1.54) is 11.3 Å². The van der Waals surface area contributed by atoms with Crippen LogP contribution in [0.25, 0.3) is 5.13 Å². The highest BCUT2D eigenvalue weighted by atomic mass is 32.1. The molecular formula is C21H23N3O2S. The maximum atomic E-state index is 13.3. The molecule has 2 aromatic heterocycles. The average Bonchev–Trinajstić information content (AvgIpc) is 3.38. The van der Waals surface area contributed by atoms with Gasteiger partial charge in [-0.1, -0.05) is 55.0 Å². The minimum Gasteiger partial charge on any atom is -0.370 e. The third kappa shape index (κ3) is 3.82. The fourth-order valence-corrected chi connectivity index (χ4v) is 4.38. The molecule has 0 N–H and O–H groups in total. The molecule has 3 aromatic rings. The standard InChI is InChI=1S/C21H23N3O2S/c1-2-8-17-19(27-21(22-17)23-11-6-7-12-23)20(25)24-13-14-26-18(15-24)16-9-4-3-5-10-16/h3-7,9-12,18H,2,8,13-15H2,1H3. The molecule has 0 spiro atoms. The van der Waals surface area contributed by atoms with Crippen LogP contribution in [0.15, 0.2) is 54.9 Å². The second-order valence-electron chi connectivity index (χ2n) is 6.63. The van der Waals surface area contributed by atoms with Gasteiger partial charge in [0.05, 0.1) is 18.8 Å². The number of morpholine rings is 1. The first-order valence-electron chi connectivity index (χ1n) is 9.35. The molecule has 1 saturated heterocycles. The molecule has 1 fully saturated rings. The Labute approximate surface area is 163 Å². The Hall–Kier alpha value is -2.44. The van der Waals surface area contributed by atoms with E-state index in [1.54, 1.807) is 0 Å². The number of aryl methyl sites for hydroxylation is 1. The van der Waals surface area contributed by atoms with Crippen LogP contribution in [0.2, 0.25) is 0 Å². The van der Waals surface area contributed by atoms with Gasteiger partial charge in [0.2, 0.25) is 0 Å². The molecule has 1 aromatic carbocycles. The summed E-state index contributed by atoms with van der Waals surface area (Å²) in [5.41, 5.74) is 2.01. The lowest BCUT2D eigenvalue weighted by molar-refractivity contribution is -0.0227. The number of ether oxygens (including phenoxy) is 1. The molecule has 0 bridgehead atoms. The van der Waals surface area contributed by atoms with E-state index in [4.69, 9.17) is 9.72 Å². The van der Waals surface area contributed by atoms with Gasteiger partial charge in [-0.25, -0.2) is 4.98 Å². The molecule has 1 unspecified atom stereocenters. The van der Waals surface area contributed by atoms with Gasteiger partial charge in [0.25, 0.3) is 5.91 Å². The van der Waals surface area contributed by atoms with Crippen LogP contribution in [0.5, 0.6) is 0 Å². The molecule has 6 heteroatoms. The number of nitrogens with zero attached hydrogens (tertiary/aromatic N) is 3. The molecule has 3 heterocycles. The van der Waals surface area contributed by atoms with E-state index >= 15 is 0 Å². The van der Waals surface area contributed by atoms with Crippen molar-refractivity contribution in [3.8, 4) is 5.13 Å². The number of thiazole rings is 1. The number of rotatable bonds is 5. The monoisotopic (exact) mass is 381 g/mol. The van der Waals surface area contributed by atoms with Crippen LogP contribution in [0.3, 0.4) is 0 Å². The summed E-state index contributed by atoms with van der Waals surface area (Å²) in [7, 11) is 0. The first-order valence-corrected chi connectivity index (χ1v) is 10.2. The van der Waals surface area contributed by atoms with Crippen LogP contribution in [-0.4, -0.2) is 40.1 Å². The summed E-state index contributed by atoms with van der Waals surface area (Å²) >= 11 is 1.48. The normalized spacial score (nSPS) is 17.2. The van der Waals surface area contributed by atoms with E-state index in [0.29, 0.717) is 19.7 Å². The number of amides is 1. The van der Waals surface area contributed by atoms with Crippen LogP contribution < -0.4 is 0 Å². The van der Waals surface area contributed by atoms with E-state index in [0.717, 1.165) is 34.1 Å². The quantitative estimate of drug-likeness (QED) is 0.668. The van der Waals surface area contributed by atoms with Gasteiger partial charge in [0, 0.05) is 18.9 Å². The molecule has 5 nitrogen and oxygen atoms in total. The Morgan fingerprint density at radius 3 is 2.74 bits per heavy atom. The van der Waals surface area contributed by atoms with E-state index in [-0.39, 0.29) is 12.0 Å². The van der Waals surface area contributed by atoms with Crippen LogP contribution in [-0.2, 0) is 11.2 Å². The molecule has 27 heavy (non-hydrogen) atoms. The highest BCUT2D eigenvalue weighted by molar-refractivity contribution is 7.16. The van der Waals surface area contributed by atoms with Crippen molar-refractivity contribution in [2.75, 3.05) is 19.7 Å². The summed E-state index contributed by atoms with van der Waals surface area (Å²) in [5.74, 6) is 0.0681. The maximum absolute atomic E-state index is 13.3. The molecule has 4 rings (SSSR count).